The second-order valence-electron chi connectivity index (χ2n) is 12.1. The summed E-state index contributed by atoms with van der Waals surface area (Å²) in [5, 5.41) is 21.2. The Hall–Kier alpha value is -5.35. The number of anilines is 1. The Morgan fingerprint density at radius 3 is 2.28 bits per heavy atom. The van der Waals surface area contributed by atoms with Crippen LogP contribution in [0.4, 0.5) is 23.7 Å². The molecule has 0 aromatic heterocycles. The van der Waals surface area contributed by atoms with Gasteiger partial charge in [0.2, 0.25) is 12.7 Å². The summed E-state index contributed by atoms with van der Waals surface area (Å²) < 4.78 is 47.9. The highest BCUT2D eigenvalue weighted by Crippen LogP contribution is 2.34. The van der Waals surface area contributed by atoms with Crippen LogP contribution in [0, 0.1) is 0 Å². The lowest BCUT2D eigenvalue weighted by atomic mass is 9.98. The number of piperidine rings is 1. The minimum Gasteiger partial charge on any atom is -0.542 e. The van der Waals surface area contributed by atoms with Gasteiger partial charge in [0.25, 0.3) is 0 Å². The molecule has 268 valence electrons. The van der Waals surface area contributed by atoms with E-state index in [1.54, 1.807) is 36.4 Å². The van der Waals surface area contributed by atoms with E-state index in [1.165, 1.54) is 24.1 Å². The van der Waals surface area contributed by atoms with Crippen molar-refractivity contribution >= 4 is 29.6 Å². The molecule has 5 rings (SSSR count). The van der Waals surface area contributed by atoms with Gasteiger partial charge in [0.05, 0.1) is 38.3 Å². The van der Waals surface area contributed by atoms with Gasteiger partial charge in [-0.05, 0) is 79.4 Å². The third kappa shape index (κ3) is 9.85. The van der Waals surface area contributed by atoms with E-state index in [2.05, 4.69) is 12.4 Å². The first-order valence-electron chi connectivity index (χ1n) is 15.4. The van der Waals surface area contributed by atoms with Crippen molar-refractivity contribution in [3.05, 3.63) is 83.4 Å². The molecule has 0 spiro atoms. The van der Waals surface area contributed by atoms with Gasteiger partial charge in [-0.15, -0.1) is 0 Å². The van der Waals surface area contributed by atoms with E-state index in [1.807, 2.05) is 18.2 Å². The average molecular weight is 703 g/mol. The van der Waals surface area contributed by atoms with Crippen molar-refractivity contribution in [2.45, 2.75) is 44.1 Å². The number of carboxylic acid groups (broad SMARTS) is 1. The topological polar surface area (TPSA) is 181 Å². The number of esters is 1. The van der Waals surface area contributed by atoms with Crippen LogP contribution in [-0.2, 0) is 27.3 Å². The first kappa shape index (κ1) is 37.5. The van der Waals surface area contributed by atoms with E-state index in [4.69, 9.17) is 29.8 Å². The molecule has 0 radical (unpaired) electrons. The number of alkyl halides is 3. The van der Waals surface area contributed by atoms with E-state index < -0.39 is 42.1 Å². The van der Waals surface area contributed by atoms with E-state index in [-0.39, 0.29) is 19.0 Å². The molecular formula is C34H37F3N4O9. The van der Waals surface area contributed by atoms with Crippen LogP contribution in [0.3, 0.4) is 0 Å². The summed E-state index contributed by atoms with van der Waals surface area (Å²) in [5.74, 6) is -2.43. The number of hydrogen-bond donors (Lipinski definition) is 3. The van der Waals surface area contributed by atoms with E-state index in [0.717, 1.165) is 29.8 Å². The Bertz CT molecular complexity index is 1690. The van der Waals surface area contributed by atoms with Crippen LogP contribution in [-0.4, -0.2) is 90.7 Å². The average Bonchev–Trinajstić information content (AvgIpc) is 3.53. The molecule has 3 aromatic carbocycles. The molecule has 0 saturated carbocycles. The molecule has 13 nitrogen and oxygen atoms in total. The number of imide groups is 1. The molecule has 0 aliphatic carbocycles. The Morgan fingerprint density at radius 2 is 1.66 bits per heavy atom. The van der Waals surface area contributed by atoms with Crippen LogP contribution in [0.15, 0.2) is 66.7 Å². The van der Waals surface area contributed by atoms with Crippen molar-refractivity contribution in [3.8, 4) is 17.2 Å². The number of carbonyl (C=O) groups is 4. The fourth-order valence-corrected chi connectivity index (χ4v) is 5.82. The lowest BCUT2D eigenvalue weighted by molar-refractivity contribution is -0.928. The molecular weight excluding hydrogens is 665 g/mol. The number of rotatable bonds is 8. The number of phenolic OH excluding ortho intramolecular Hbond substituents is 1. The number of ether oxygens (including phenoxy) is 3. The van der Waals surface area contributed by atoms with Crippen LogP contribution in [0.5, 0.6) is 17.2 Å². The Labute approximate surface area is 285 Å². The Morgan fingerprint density at radius 1 is 1.04 bits per heavy atom. The summed E-state index contributed by atoms with van der Waals surface area (Å²) >= 11 is 0. The molecule has 0 bridgehead atoms. The molecule has 2 aliphatic rings. The molecule has 1 unspecified atom stereocenters. The third-order valence-corrected chi connectivity index (χ3v) is 8.21. The summed E-state index contributed by atoms with van der Waals surface area (Å²) in [6.45, 7) is 2.31. The lowest BCUT2D eigenvalue weighted by Gasteiger charge is -2.44. The predicted molar refractivity (Wildman–Crippen MR) is 170 cm³/mol. The van der Waals surface area contributed by atoms with Gasteiger partial charge in [0.15, 0.2) is 11.5 Å². The summed E-state index contributed by atoms with van der Waals surface area (Å²) in [6.07, 6.45) is -3.54. The molecule has 3 amide bonds. The van der Waals surface area contributed by atoms with Crippen molar-refractivity contribution in [2.24, 2.45) is 5.73 Å². The summed E-state index contributed by atoms with van der Waals surface area (Å²) in [7, 11) is 3.42. The van der Waals surface area contributed by atoms with Gasteiger partial charge in [0.1, 0.15) is 24.8 Å². The number of halogens is 3. The number of benzene rings is 3. The number of nitrogens with zero attached hydrogens (tertiary/aromatic N) is 2. The summed E-state index contributed by atoms with van der Waals surface area (Å²) in [6, 6.07) is 16.7. The molecule has 1 saturated heterocycles. The number of carbonyl (C=O) groups excluding carboxylic acids is 4. The highest BCUT2D eigenvalue weighted by molar-refractivity contribution is 6.03. The second-order valence-corrected chi connectivity index (χ2v) is 12.1. The Kier molecular flexibility index (Phi) is 11.9. The number of phenols is 1. The summed E-state index contributed by atoms with van der Waals surface area (Å²) in [5.41, 5.74) is 9.03. The number of nitrogens with one attached hydrogen (secondary N) is 1. The van der Waals surface area contributed by atoms with Crippen molar-refractivity contribution in [2.75, 3.05) is 39.4 Å². The number of carboxylic acids is 1. The number of hydrogen-bond acceptors (Lipinski definition) is 10. The number of urea groups is 1. The van der Waals surface area contributed by atoms with Crippen molar-refractivity contribution in [3.63, 3.8) is 0 Å². The molecule has 4 N–H and O–H groups in total. The van der Waals surface area contributed by atoms with E-state index in [9.17, 15) is 32.7 Å². The number of aliphatic carboxylic acids is 1. The van der Waals surface area contributed by atoms with Crippen molar-refractivity contribution in [1.82, 2.24) is 4.90 Å². The number of methoxy groups -OCH3 is 1. The number of likely N-dealkylation sites (tertiary alicyclic amines) is 1. The highest BCUT2D eigenvalue weighted by Gasteiger charge is 2.41. The number of aromatic hydroxyl groups is 1. The van der Waals surface area contributed by atoms with Crippen molar-refractivity contribution < 1.29 is 61.3 Å². The van der Waals surface area contributed by atoms with Crippen LogP contribution < -0.4 is 25.6 Å². The van der Waals surface area contributed by atoms with Crippen LogP contribution >= 0.6 is 0 Å². The zero-order valence-corrected chi connectivity index (χ0v) is 27.3. The van der Waals surface area contributed by atoms with Gasteiger partial charge >= 0.3 is 18.2 Å². The van der Waals surface area contributed by atoms with Gasteiger partial charge in [-0.3, -0.25) is 9.69 Å². The molecule has 16 heteroatoms. The molecule has 50 heavy (non-hydrogen) atoms. The second kappa shape index (κ2) is 15.9. The number of nitrogens with two attached hydrogens (primary N) is 1. The first-order chi connectivity index (χ1) is 23.6. The maximum Gasteiger partial charge on any atom is 0.430 e. The number of likely N-dealkylation sites (N-methyl/N-ethyl adjacent to an activating group) is 1. The lowest BCUT2D eigenvalue weighted by Crippen LogP contribution is -2.62. The monoisotopic (exact) mass is 702 g/mol. The first-order valence-corrected chi connectivity index (χ1v) is 15.4. The molecule has 2 heterocycles. The van der Waals surface area contributed by atoms with Gasteiger partial charge in [-0.1, -0.05) is 12.1 Å². The largest absolute Gasteiger partial charge is 0.542 e. The minimum absolute atomic E-state index is 0.115. The fourth-order valence-electron chi connectivity index (χ4n) is 5.82. The zero-order chi connectivity index (χ0) is 36.6. The van der Waals surface area contributed by atoms with Crippen molar-refractivity contribution in [1.29, 1.82) is 0 Å². The number of quaternary nitrogens is 1. The highest BCUT2D eigenvalue weighted by atomic mass is 19.4. The molecule has 3 aromatic rings. The molecule has 1 fully saturated rings. The predicted octanol–water partition coefficient (Wildman–Crippen LogP) is 2.95. The van der Waals surface area contributed by atoms with Crippen LogP contribution in [0.1, 0.15) is 34.3 Å². The SMILES string of the molecule is COC(=O)c1ccc(NC(=O)N(C(=O)[C@@H](N)Cc2ccc(O)cc2)[C@H]2CCC[N+](C)(Cc3ccc4c(c3)OCO4)C2)cc1.O=C([O-])C(F)(F)F. The zero-order valence-electron chi connectivity index (χ0n) is 27.3. The smallest absolute Gasteiger partial charge is 0.430 e. The van der Waals surface area contributed by atoms with E-state index >= 15 is 0 Å². The number of amides is 3. The van der Waals surface area contributed by atoms with Gasteiger partial charge < -0.3 is 44.8 Å². The normalized spacial score (nSPS) is 18.6. The third-order valence-electron chi connectivity index (χ3n) is 8.21. The molecule has 2 aliphatic heterocycles. The van der Waals surface area contributed by atoms with Gasteiger partial charge in [-0.2, -0.15) is 13.2 Å². The Balaban J connectivity index is 0.000000727. The van der Waals surface area contributed by atoms with Gasteiger partial charge in [0, 0.05) is 11.3 Å². The number of fused-ring (bicyclic) bond motifs is 1. The van der Waals surface area contributed by atoms with E-state index in [0.29, 0.717) is 41.0 Å². The summed E-state index contributed by atoms with van der Waals surface area (Å²) in [4.78, 5) is 49.6. The standard InChI is InChI=1S/C32H36N4O7.C2HF3O2/c1-36(18-22-7-14-28-29(17-22)43-20-42-28)15-3-4-25(19-36)35(30(38)27(33)16-21-5-12-26(37)13-6-21)32(40)34-24-10-8-23(9-11-24)31(39)41-2;3-2(4,5)1(6)7/h5-14,17,25,27H,3-4,15-16,18-20,33H2,1-2H3,(H-,34,37,39,40);(H,6,7)/t25-,27-,36?;/m0./s1. The quantitative estimate of drug-likeness (QED) is 0.233. The maximum atomic E-state index is 13.9. The minimum atomic E-state index is -5.19. The maximum absolute atomic E-state index is 13.9. The fraction of sp³-hybridized carbons (Fsp3) is 0.353. The van der Waals surface area contributed by atoms with Crippen LogP contribution in [0.25, 0.3) is 0 Å². The molecule has 3 atom stereocenters. The van der Waals surface area contributed by atoms with Gasteiger partial charge in [-0.25, -0.2) is 9.59 Å². The van der Waals surface area contributed by atoms with Crippen LogP contribution in [0.2, 0.25) is 0 Å².